The molecule has 1 aromatic carbocycles. The first-order valence-electron chi connectivity index (χ1n) is 14.3. The maximum absolute atomic E-state index is 13.7. The Bertz CT molecular complexity index is 1010. The van der Waals surface area contributed by atoms with Crippen LogP contribution in [-0.2, 0) is 15.3 Å². The van der Waals surface area contributed by atoms with Crippen LogP contribution >= 0.6 is 11.8 Å². The first kappa shape index (κ1) is 26.4. The van der Waals surface area contributed by atoms with Crippen molar-refractivity contribution in [2.24, 2.45) is 22.9 Å². The summed E-state index contributed by atoms with van der Waals surface area (Å²) >= 11 is 1.73. The van der Waals surface area contributed by atoms with Crippen molar-refractivity contribution in [3.63, 3.8) is 0 Å². The second-order valence-corrected chi connectivity index (χ2v) is 12.7. The predicted molar refractivity (Wildman–Crippen MR) is 149 cm³/mol. The molecule has 5 rings (SSSR count). The molecular weight excluding hydrogens is 482 g/mol. The Morgan fingerprint density at radius 2 is 1.95 bits per heavy atom. The van der Waals surface area contributed by atoms with Crippen LogP contribution in [0, 0.1) is 24.7 Å². The van der Waals surface area contributed by atoms with Gasteiger partial charge in [0.25, 0.3) is 0 Å². The smallest absolute Gasteiger partial charge is 0.230 e. The van der Waals surface area contributed by atoms with Gasteiger partial charge in [0.15, 0.2) is 11.5 Å². The fourth-order valence-electron chi connectivity index (χ4n) is 6.41. The average molecular weight is 526 g/mol. The van der Waals surface area contributed by atoms with E-state index in [-0.39, 0.29) is 36.0 Å². The molecule has 0 spiro atoms. The summed E-state index contributed by atoms with van der Waals surface area (Å²) in [5.41, 5.74) is 5.88. The molecule has 4 atom stereocenters. The lowest BCUT2D eigenvalue weighted by Gasteiger charge is -2.51. The largest absolute Gasteiger partial charge is 0.353 e. The van der Waals surface area contributed by atoms with Crippen LogP contribution in [0.4, 0.5) is 0 Å². The summed E-state index contributed by atoms with van der Waals surface area (Å²) in [6, 6.07) is 8.80. The number of nitrogens with zero attached hydrogens (tertiary/aromatic N) is 3. The molecule has 0 radical (unpaired) electrons. The number of amidine groups is 1. The number of hydrazone groups is 1. The van der Waals surface area contributed by atoms with Gasteiger partial charge in [0.2, 0.25) is 11.8 Å². The van der Waals surface area contributed by atoms with Gasteiger partial charge in [-0.15, -0.1) is 0 Å². The highest BCUT2D eigenvalue weighted by atomic mass is 32.2. The van der Waals surface area contributed by atoms with Crippen LogP contribution in [0.1, 0.15) is 82.8 Å². The third-order valence-electron chi connectivity index (χ3n) is 8.72. The van der Waals surface area contributed by atoms with E-state index >= 15 is 0 Å². The lowest BCUT2D eigenvalue weighted by Crippen LogP contribution is -2.68. The molecule has 4 aliphatic rings. The number of fused-ring (bicyclic) bond motifs is 3. The van der Waals surface area contributed by atoms with Gasteiger partial charge < -0.3 is 15.1 Å². The van der Waals surface area contributed by atoms with Crippen molar-refractivity contribution in [1.29, 1.82) is 0 Å². The van der Waals surface area contributed by atoms with E-state index in [0.717, 1.165) is 56.0 Å². The summed E-state index contributed by atoms with van der Waals surface area (Å²) in [7, 11) is 0. The van der Waals surface area contributed by atoms with Crippen molar-refractivity contribution in [3.05, 3.63) is 35.4 Å². The van der Waals surface area contributed by atoms with E-state index in [4.69, 9.17) is 5.10 Å². The van der Waals surface area contributed by atoms with Crippen LogP contribution in [0.25, 0.3) is 0 Å². The molecule has 8 heteroatoms. The Hall–Kier alpha value is -2.22. The van der Waals surface area contributed by atoms with E-state index in [0.29, 0.717) is 12.0 Å². The second kappa shape index (κ2) is 11.7. The van der Waals surface area contributed by atoms with Gasteiger partial charge in [0.1, 0.15) is 0 Å². The highest BCUT2D eigenvalue weighted by molar-refractivity contribution is 8.13. The molecule has 37 heavy (non-hydrogen) atoms. The van der Waals surface area contributed by atoms with Crippen LogP contribution in [0.2, 0.25) is 0 Å². The van der Waals surface area contributed by atoms with Gasteiger partial charge in [-0.25, -0.2) is 0 Å². The fourth-order valence-corrected chi connectivity index (χ4v) is 7.52. The molecule has 2 aliphatic heterocycles. The van der Waals surface area contributed by atoms with Crippen LogP contribution in [0.3, 0.4) is 0 Å². The Morgan fingerprint density at radius 1 is 1.16 bits per heavy atom. The summed E-state index contributed by atoms with van der Waals surface area (Å²) < 4.78 is 0. The van der Waals surface area contributed by atoms with Gasteiger partial charge in [-0.05, 0) is 62.5 Å². The van der Waals surface area contributed by atoms with Crippen molar-refractivity contribution in [1.82, 2.24) is 20.5 Å². The number of rotatable bonds is 7. The Morgan fingerprint density at radius 3 is 2.70 bits per heavy atom. The molecule has 202 valence electrons. The van der Waals surface area contributed by atoms with E-state index in [1.54, 1.807) is 11.8 Å². The quantitative estimate of drug-likeness (QED) is 0.534. The zero-order valence-corrected chi connectivity index (χ0v) is 23.4. The zero-order chi connectivity index (χ0) is 25.9. The molecule has 2 N–H and O–H groups in total. The Balaban J connectivity index is 1.33. The number of thioether (sulfide) groups is 1. The van der Waals surface area contributed by atoms with Crippen molar-refractivity contribution in [2.45, 2.75) is 103 Å². The molecule has 0 aromatic heterocycles. The van der Waals surface area contributed by atoms with Crippen LogP contribution < -0.4 is 10.7 Å². The predicted octanol–water partition coefficient (Wildman–Crippen LogP) is 4.81. The Kier molecular flexibility index (Phi) is 8.32. The van der Waals surface area contributed by atoms with E-state index in [1.165, 1.54) is 30.4 Å². The van der Waals surface area contributed by atoms with E-state index in [1.807, 2.05) is 4.90 Å². The summed E-state index contributed by atoms with van der Waals surface area (Å²) in [4.78, 5) is 31.4. The molecule has 1 saturated heterocycles. The van der Waals surface area contributed by atoms with Crippen LogP contribution in [0.5, 0.6) is 0 Å². The summed E-state index contributed by atoms with van der Waals surface area (Å²) in [5.74, 6) is 1.66. The van der Waals surface area contributed by atoms with Crippen molar-refractivity contribution < 1.29 is 9.59 Å². The molecule has 7 nitrogen and oxygen atoms in total. The van der Waals surface area contributed by atoms with Gasteiger partial charge in [-0.1, -0.05) is 69.1 Å². The highest BCUT2D eigenvalue weighted by Gasteiger charge is 2.53. The molecule has 0 bridgehead atoms. The first-order valence-corrected chi connectivity index (χ1v) is 15.3. The first-order chi connectivity index (χ1) is 17.9. The molecule has 2 saturated carbocycles. The lowest BCUT2D eigenvalue weighted by molar-refractivity contribution is -0.158. The van der Waals surface area contributed by atoms with E-state index in [2.05, 4.69) is 60.7 Å². The summed E-state index contributed by atoms with van der Waals surface area (Å²) in [5, 5.41) is 9.05. The van der Waals surface area contributed by atoms with Crippen molar-refractivity contribution >= 4 is 28.7 Å². The molecule has 3 fully saturated rings. The van der Waals surface area contributed by atoms with Gasteiger partial charge >= 0.3 is 0 Å². The van der Waals surface area contributed by atoms with Crippen molar-refractivity contribution in [2.75, 3.05) is 6.54 Å². The van der Waals surface area contributed by atoms with Crippen LogP contribution in [0.15, 0.2) is 29.4 Å². The van der Waals surface area contributed by atoms with E-state index in [9.17, 15) is 9.59 Å². The summed E-state index contributed by atoms with van der Waals surface area (Å²) in [6.07, 6.45) is 8.87. The number of hydrogen-bond donors (Lipinski definition) is 2. The number of nitrogens with one attached hydrogen (secondary N) is 2. The minimum Gasteiger partial charge on any atom is -0.353 e. The highest BCUT2D eigenvalue weighted by Crippen LogP contribution is 2.41. The van der Waals surface area contributed by atoms with E-state index < -0.39 is 0 Å². The molecule has 4 unspecified atom stereocenters. The fraction of sp³-hybridized carbons (Fsp3) is 0.690. The van der Waals surface area contributed by atoms with Gasteiger partial charge in [-0.2, -0.15) is 5.10 Å². The van der Waals surface area contributed by atoms with Gasteiger partial charge in [0, 0.05) is 30.3 Å². The minimum absolute atomic E-state index is 0.00164. The number of amides is 2. The average Bonchev–Trinajstić information content (AvgIpc) is 3.32. The third-order valence-corrected chi connectivity index (χ3v) is 9.73. The molecule has 2 heterocycles. The van der Waals surface area contributed by atoms with Crippen molar-refractivity contribution in [3.8, 4) is 0 Å². The lowest BCUT2D eigenvalue weighted by atomic mass is 9.75. The number of benzene rings is 1. The standard InChI is InChI=1S/C29H43N5O2S/c1-19(2)15-16-33-27(36)24-14-13-21(26(35)30-23-11-5-4-6-12-23)17-25(24)34-28(33)31-32-29(34)37-18-22-10-8-7-9-20(22)3/h7-10,19,21,23-25,28,31H,4-6,11-18H2,1-3H3,(H,30,35). The topological polar surface area (TPSA) is 77.0 Å². The second-order valence-electron chi connectivity index (χ2n) is 11.8. The summed E-state index contributed by atoms with van der Waals surface area (Å²) in [6.45, 7) is 7.28. The Labute approximate surface area is 226 Å². The normalized spacial score (nSPS) is 28.0. The number of hydrogen-bond acceptors (Lipinski definition) is 6. The maximum Gasteiger partial charge on any atom is 0.230 e. The SMILES string of the molecule is Cc1ccccc1CSC1=NNC2N(CCC(C)C)C(=O)C3CCC(C(=O)NC4CCCCC4)CC3N12. The number of carbonyl (C=O) groups is 2. The van der Waals surface area contributed by atoms with Gasteiger partial charge in [0.05, 0.1) is 5.92 Å². The monoisotopic (exact) mass is 525 g/mol. The molecule has 2 aliphatic carbocycles. The number of carbonyl (C=O) groups excluding carboxylic acids is 2. The number of aryl methyl sites for hydroxylation is 1. The molecular formula is C29H43N5O2S. The van der Waals surface area contributed by atoms with Gasteiger partial charge in [-0.3, -0.25) is 15.0 Å². The zero-order valence-electron chi connectivity index (χ0n) is 22.6. The molecule has 1 aromatic rings. The van der Waals surface area contributed by atoms with Crippen LogP contribution in [-0.4, -0.2) is 51.7 Å². The maximum atomic E-state index is 13.7. The third kappa shape index (κ3) is 5.79. The minimum atomic E-state index is -0.257. The molecule has 2 amide bonds.